The maximum absolute atomic E-state index is 11.8. The second-order valence-electron chi connectivity index (χ2n) is 6.33. The van der Waals surface area contributed by atoms with Gasteiger partial charge in [-0.25, -0.2) is 8.42 Å². The number of rotatable bonds is 2. The van der Waals surface area contributed by atoms with Gasteiger partial charge in [-0.15, -0.1) is 0 Å². The predicted octanol–water partition coefficient (Wildman–Crippen LogP) is 1.70. The highest BCUT2D eigenvalue weighted by Gasteiger charge is 2.52. The summed E-state index contributed by atoms with van der Waals surface area (Å²) in [5, 5.41) is 0. The van der Waals surface area contributed by atoms with Crippen molar-refractivity contribution in [2.75, 3.05) is 6.26 Å². The largest absolute Gasteiger partial charge is 0.495 e. The summed E-state index contributed by atoms with van der Waals surface area (Å²) in [7, 11) is -3.79. The summed E-state index contributed by atoms with van der Waals surface area (Å²) in [4.78, 5) is 0.324. The summed E-state index contributed by atoms with van der Waals surface area (Å²) in [5.74, 6) is 0. The minimum absolute atomic E-state index is 0.324. The van der Waals surface area contributed by atoms with Crippen molar-refractivity contribution in [1.82, 2.24) is 0 Å². The van der Waals surface area contributed by atoms with Crippen LogP contribution in [0.1, 0.15) is 33.3 Å². The van der Waals surface area contributed by atoms with E-state index in [0.717, 1.165) is 5.46 Å². The molecule has 0 amide bonds. The Balaban J connectivity index is 2.47. The van der Waals surface area contributed by atoms with Crippen LogP contribution in [0.25, 0.3) is 0 Å². The first-order valence-corrected chi connectivity index (χ1v) is 8.50. The van der Waals surface area contributed by atoms with Crippen LogP contribution in [0.3, 0.4) is 0 Å². The quantitative estimate of drug-likeness (QED) is 0.779. The lowest BCUT2D eigenvalue weighted by Gasteiger charge is -2.32. The molecule has 4 nitrogen and oxygen atoms in total. The fraction of sp³-hybridized carbons (Fsp3) is 0.571. The van der Waals surface area contributed by atoms with E-state index in [9.17, 15) is 8.42 Å². The number of hydrogen-bond donors (Lipinski definition) is 0. The molecular weight excluding hydrogens is 275 g/mol. The van der Waals surface area contributed by atoms with Crippen LogP contribution in [0.15, 0.2) is 23.1 Å². The van der Waals surface area contributed by atoms with Crippen molar-refractivity contribution in [3.8, 4) is 0 Å². The molecule has 6 heteroatoms. The second kappa shape index (κ2) is 4.58. The van der Waals surface area contributed by atoms with Gasteiger partial charge in [0.1, 0.15) is 0 Å². The molecule has 0 radical (unpaired) electrons. The third-order valence-electron chi connectivity index (χ3n) is 4.23. The van der Waals surface area contributed by atoms with E-state index in [1.54, 1.807) is 19.1 Å². The fourth-order valence-corrected chi connectivity index (χ4v) is 3.26. The summed E-state index contributed by atoms with van der Waals surface area (Å²) in [6.07, 6.45) is 1.21. The van der Waals surface area contributed by atoms with Gasteiger partial charge in [0.05, 0.1) is 16.1 Å². The Morgan fingerprint density at radius 2 is 1.55 bits per heavy atom. The highest BCUT2D eigenvalue weighted by molar-refractivity contribution is 7.90. The molecule has 0 spiro atoms. The zero-order valence-electron chi connectivity index (χ0n) is 12.9. The second-order valence-corrected chi connectivity index (χ2v) is 8.31. The molecule has 110 valence electrons. The topological polar surface area (TPSA) is 52.6 Å². The van der Waals surface area contributed by atoms with Gasteiger partial charge in [-0.1, -0.05) is 12.1 Å². The Morgan fingerprint density at radius 1 is 1.05 bits per heavy atom. The van der Waals surface area contributed by atoms with Crippen LogP contribution < -0.4 is 5.46 Å². The molecule has 1 saturated heterocycles. The van der Waals surface area contributed by atoms with Gasteiger partial charge in [0.25, 0.3) is 0 Å². The van der Waals surface area contributed by atoms with Crippen molar-refractivity contribution < 1.29 is 17.7 Å². The zero-order chi connectivity index (χ0) is 15.3. The molecule has 1 heterocycles. The van der Waals surface area contributed by atoms with E-state index in [2.05, 4.69) is 0 Å². The Kier molecular flexibility index (Phi) is 3.56. The van der Waals surface area contributed by atoms with Gasteiger partial charge in [0, 0.05) is 6.26 Å². The van der Waals surface area contributed by atoms with E-state index >= 15 is 0 Å². The number of benzene rings is 1. The maximum atomic E-state index is 11.8. The van der Waals surface area contributed by atoms with Gasteiger partial charge in [-0.05, 0) is 51.7 Å². The first-order valence-electron chi connectivity index (χ1n) is 6.61. The van der Waals surface area contributed by atoms with Crippen molar-refractivity contribution in [2.45, 2.75) is 50.7 Å². The summed E-state index contributed by atoms with van der Waals surface area (Å²) < 4.78 is 35.6. The standard InChI is InChI=1S/C14H21BO4S/c1-10-11(8-7-9-12(10)20(6,16)17)15-18-13(2,3)14(4,5)19-15/h7-9H,1-6H3. The van der Waals surface area contributed by atoms with E-state index in [0.29, 0.717) is 10.5 Å². The van der Waals surface area contributed by atoms with Crippen LogP contribution in [0.4, 0.5) is 0 Å². The lowest BCUT2D eigenvalue weighted by Crippen LogP contribution is -2.41. The lowest BCUT2D eigenvalue weighted by molar-refractivity contribution is 0.00578. The van der Waals surface area contributed by atoms with Crippen molar-refractivity contribution in [3.63, 3.8) is 0 Å². The minimum Gasteiger partial charge on any atom is -0.399 e. The van der Waals surface area contributed by atoms with Gasteiger partial charge < -0.3 is 9.31 Å². The van der Waals surface area contributed by atoms with E-state index in [-0.39, 0.29) is 0 Å². The fourth-order valence-electron chi connectivity index (χ4n) is 2.26. The van der Waals surface area contributed by atoms with E-state index in [1.807, 2.05) is 33.8 Å². The Labute approximate surface area is 121 Å². The first kappa shape index (κ1) is 15.5. The predicted molar refractivity (Wildman–Crippen MR) is 80.0 cm³/mol. The first-order chi connectivity index (χ1) is 8.96. The average Bonchev–Trinajstić information content (AvgIpc) is 2.46. The van der Waals surface area contributed by atoms with Crippen molar-refractivity contribution in [2.24, 2.45) is 0 Å². The molecule has 20 heavy (non-hydrogen) atoms. The number of sulfone groups is 1. The molecule has 1 fully saturated rings. The van der Waals surface area contributed by atoms with Crippen LogP contribution in [0.2, 0.25) is 0 Å². The number of hydrogen-bond acceptors (Lipinski definition) is 4. The van der Waals surface area contributed by atoms with Crippen molar-refractivity contribution >= 4 is 22.4 Å². The van der Waals surface area contributed by atoms with Gasteiger partial charge in [0.2, 0.25) is 0 Å². The van der Waals surface area contributed by atoms with Crippen molar-refractivity contribution in [1.29, 1.82) is 0 Å². The van der Waals surface area contributed by atoms with E-state index in [1.165, 1.54) is 6.26 Å². The summed E-state index contributed by atoms with van der Waals surface area (Å²) in [6, 6.07) is 5.19. The Bertz CT molecular complexity index is 619. The van der Waals surface area contributed by atoms with Crippen LogP contribution >= 0.6 is 0 Å². The smallest absolute Gasteiger partial charge is 0.399 e. The molecule has 1 aliphatic rings. The Hall–Kier alpha value is -0.845. The lowest BCUT2D eigenvalue weighted by atomic mass is 9.76. The highest BCUT2D eigenvalue weighted by Crippen LogP contribution is 2.36. The summed E-state index contributed by atoms with van der Waals surface area (Å²) >= 11 is 0. The van der Waals surface area contributed by atoms with Gasteiger partial charge in [0.15, 0.2) is 9.84 Å². The summed E-state index contributed by atoms with van der Waals surface area (Å²) in [6.45, 7) is 9.69. The monoisotopic (exact) mass is 296 g/mol. The molecule has 0 aromatic heterocycles. The third kappa shape index (κ3) is 2.52. The molecule has 0 saturated carbocycles. The van der Waals surface area contributed by atoms with Gasteiger partial charge in [-0.2, -0.15) is 0 Å². The molecule has 0 aliphatic carbocycles. The van der Waals surface area contributed by atoms with Crippen LogP contribution in [-0.4, -0.2) is 33.0 Å². The molecule has 0 unspecified atom stereocenters. The summed E-state index contributed by atoms with van der Waals surface area (Å²) in [5.41, 5.74) is 0.580. The third-order valence-corrected chi connectivity index (χ3v) is 5.47. The molecule has 0 N–H and O–H groups in total. The maximum Gasteiger partial charge on any atom is 0.495 e. The average molecular weight is 296 g/mol. The molecular formula is C14H21BO4S. The van der Waals surface area contributed by atoms with Gasteiger partial charge >= 0.3 is 7.12 Å². The van der Waals surface area contributed by atoms with Crippen LogP contribution in [-0.2, 0) is 19.1 Å². The normalized spacial score (nSPS) is 21.2. The van der Waals surface area contributed by atoms with Crippen LogP contribution in [0.5, 0.6) is 0 Å². The van der Waals surface area contributed by atoms with Crippen LogP contribution in [0, 0.1) is 6.92 Å². The highest BCUT2D eigenvalue weighted by atomic mass is 32.2. The molecule has 1 aromatic carbocycles. The SMILES string of the molecule is Cc1c(B2OC(C)(C)C(C)(C)O2)cccc1S(C)(=O)=O. The molecule has 2 rings (SSSR count). The van der Waals surface area contributed by atoms with E-state index < -0.39 is 28.2 Å². The minimum atomic E-state index is -3.25. The van der Waals surface area contributed by atoms with E-state index in [4.69, 9.17) is 9.31 Å². The Morgan fingerprint density at radius 3 is 2.00 bits per heavy atom. The zero-order valence-corrected chi connectivity index (χ0v) is 13.7. The molecule has 0 bridgehead atoms. The van der Waals surface area contributed by atoms with Crippen molar-refractivity contribution in [3.05, 3.63) is 23.8 Å². The molecule has 1 aliphatic heterocycles. The molecule has 1 aromatic rings. The van der Waals surface area contributed by atoms with Gasteiger partial charge in [-0.3, -0.25) is 0 Å². The molecule has 0 atom stereocenters.